The predicted octanol–water partition coefficient (Wildman–Crippen LogP) is 3.74. The van der Waals surface area contributed by atoms with E-state index in [1.165, 1.54) is 10.4 Å². The van der Waals surface area contributed by atoms with E-state index in [9.17, 15) is 4.79 Å². The van der Waals surface area contributed by atoms with Crippen molar-refractivity contribution in [3.8, 4) is 0 Å². The van der Waals surface area contributed by atoms with Crippen LogP contribution in [0.3, 0.4) is 0 Å². The summed E-state index contributed by atoms with van der Waals surface area (Å²) in [5, 5.41) is 0.262. The zero-order valence-corrected chi connectivity index (χ0v) is 12.4. The zero-order valence-electron chi connectivity index (χ0n) is 10.8. The highest BCUT2D eigenvalue weighted by molar-refractivity contribution is 7.14. The van der Waals surface area contributed by atoms with E-state index in [-0.39, 0.29) is 11.3 Å². The van der Waals surface area contributed by atoms with Crippen LogP contribution in [-0.2, 0) is 0 Å². The minimum absolute atomic E-state index is 0.229. The van der Waals surface area contributed by atoms with Crippen molar-refractivity contribution < 1.29 is 4.79 Å². The van der Waals surface area contributed by atoms with Crippen molar-refractivity contribution in [2.75, 3.05) is 0 Å². The van der Waals surface area contributed by atoms with Crippen molar-refractivity contribution in [3.05, 3.63) is 21.4 Å². The van der Waals surface area contributed by atoms with E-state index in [4.69, 9.17) is 11.6 Å². The van der Waals surface area contributed by atoms with Gasteiger partial charge < -0.3 is 4.90 Å². The van der Waals surface area contributed by atoms with E-state index in [0.29, 0.717) is 12.1 Å². The smallest absolute Gasteiger partial charge is 0.264 e. The summed E-state index contributed by atoms with van der Waals surface area (Å²) >= 11 is 7.88. The van der Waals surface area contributed by atoms with Crippen molar-refractivity contribution in [2.45, 2.75) is 57.0 Å². The van der Waals surface area contributed by atoms with Gasteiger partial charge in [0, 0.05) is 22.3 Å². The number of thiophene rings is 1. The first-order valence-electron chi connectivity index (χ1n) is 6.60. The summed E-state index contributed by atoms with van der Waals surface area (Å²) in [6.45, 7) is 4.15. The lowest BCUT2D eigenvalue weighted by atomic mass is 10.0. The minimum atomic E-state index is 0.229. The molecule has 3 rings (SSSR count). The normalized spacial score (nSPS) is 30.8. The summed E-state index contributed by atoms with van der Waals surface area (Å²) in [7, 11) is 0. The molecule has 3 heterocycles. The number of hydrogen-bond donors (Lipinski definition) is 0. The Hall–Kier alpha value is -0.540. The van der Waals surface area contributed by atoms with Crippen molar-refractivity contribution in [1.29, 1.82) is 0 Å². The molecule has 2 unspecified atom stereocenters. The first-order valence-corrected chi connectivity index (χ1v) is 7.85. The van der Waals surface area contributed by atoms with E-state index in [2.05, 4.69) is 18.7 Å². The Labute approximate surface area is 117 Å². The third-order valence-electron chi connectivity index (χ3n) is 4.29. The molecule has 0 N–H and O–H groups in total. The van der Waals surface area contributed by atoms with Gasteiger partial charge in [-0.25, -0.2) is 0 Å². The summed E-state index contributed by atoms with van der Waals surface area (Å²) < 4.78 is 0. The molecule has 0 saturated carbocycles. The van der Waals surface area contributed by atoms with Crippen LogP contribution in [-0.4, -0.2) is 28.3 Å². The van der Waals surface area contributed by atoms with Crippen molar-refractivity contribution in [2.24, 2.45) is 0 Å². The molecule has 2 aliphatic rings. The van der Waals surface area contributed by atoms with Gasteiger partial charge in [-0.1, -0.05) is 0 Å². The fraction of sp³-hybridized carbons (Fsp3) is 0.643. The Morgan fingerprint density at radius 1 is 1.33 bits per heavy atom. The predicted molar refractivity (Wildman–Crippen MR) is 75.6 cm³/mol. The standard InChI is InChI=1S/C14H18ClNOS/c1-8-5-13(18-9(8)2)14(17)16-11-3-4-12(16)7-10(15)6-11/h5,10-12H,3-4,6-7H2,1-2H3. The Morgan fingerprint density at radius 3 is 2.44 bits per heavy atom. The number of alkyl halides is 1. The molecule has 18 heavy (non-hydrogen) atoms. The van der Waals surface area contributed by atoms with Gasteiger partial charge in [-0.3, -0.25) is 4.79 Å². The second-order valence-electron chi connectivity index (χ2n) is 5.52. The SMILES string of the molecule is Cc1cc(C(=O)N2C3CCC2CC(Cl)C3)sc1C. The fourth-order valence-electron chi connectivity index (χ4n) is 3.25. The van der Waals surface area contributed by atoms with Gasteiger partial charge in [-0.15, -0.1) is 22.9 Å². The summed E-state index contributed by atoms with van der Waals surface area (Å²) in [6, 6.07) is 2.79. The van der Waals surface area contributed by atoms with Gasteiger partial charge in [-0.05, 0) is 51.2 Å². The molecule has 0 radical (unpaired) electrons. The monoisotopic (exact) mass is 283 g/mol. The Balaban J connectivity index is 1.85. The van der Waals surface area contributed by atoms with E-state index < -0.39 is 0 Å². The van der Waals surface area contributed by atoms with Gasteiger partial charge >= 0.3 is 0 Å². The van der Waals surface area contributed by atoms with Crippen molar-refractivity contribution >= 4 is 28.8 Å². The van der Waals surface area contributed by atoms with Crippen LogP contribution < -0.4 is 0 Å². The second-order valence-corrected chi connectivity index (χ2v) is 7.39. The van der Waals surface area contributed by atoms with Crippen LogP contribution in [0.25, 0.3) is 0 Å². The van der Waals surface area contributed by atoms with Gasteiger partial charge in [0.15, 0.2) is 0 Å². The number of nitrogens with zero attached hydrogens (tertiary/aromatic N) is 1. The Bertz CT molecular complexity index is 451. The van der Waals surface area contributed by atoms with Crippen LogP contribution in [0, 0.1) is 13.8 Å². The van der Waals surface area contributed by atoms with Gasteiger partial charge in [-0.2, -0.15) is 0 Å². The number of halogens is 1. The minimum Gasteiger partial charge on any atom is -0.332 e. The number of piperidine rings is 1. The van der Waals surface area contributed by atoms with Crippen LogP contribution in [0.5, 0.6) is 0 Å². The molecule has 2 nitrogen and oxygen atoms in total. The molecule has 2 atom stereocenters. The zero-order chi connectivity index (χ0) is 12.9. The third kappa shape index (κ3) is 1.97. The molecule has 1 aromatic heterocycles. The molecule has 1 aromatic rings. The number of carbonyl (C=O) groups excluding carboxylic acids is 1. The van der Waals surface area contributed by atoms with Crippen LogP contribution >= 0.6 is 22.9 Å². The maximum Gasteiger partial charge on any atom is 0.264 e. The van der Waals surface area contributed by atoms with Gasteiger partial charge in [0.2, 0.25) is 0 Å². The average Bonchev–Trinajstić information content (AvgIpc) is 2.78. The molecular weight excluding hydrogens is 266 g/mol. The van der Waals surface area contributed by atoms with Crippen LogP contribution in [0.4, 0.5) is 0 Å². The number of carbonyl (C=O) groups is 1. The number of rotatable bonds is 1. The highest BCUT2D eigenvalue weighted by Crippen LogP contribution is 2.39. The molecule has 2 fully saturated rings. The lowest BCUT2D eigenvalue weighted by molar-refractivity contribution is 0.0604. The molecular formula is C14H18ClNOS. The summed E-state index contributed by atoms with van der Waals surface area (Å²) in [4.78, 5) is 16.9. The highest BCUT2D eigenvalue weighted by Gasteiger charge is 2.43. The van der Waals surface area contributed by atoms with E-state index in [0.717, 1.165) is 30.6 Å². The van der Waals surface area contributed by atoms with Gasteiger partial charge in [0.1, 0.15) is 0 Å². The summed E-state index contributed by atoms with van der Waals surface area (Å²) in [5.41, 5.74) is 1.22. The van der Waals surface area contributed by atoms with Crippen molar-refractivity contribution in [3.63, 3.8) is 0 Å². The van der Waals surface area contributed by atoms with E-state index in [1.807, 2.05) is 6.07 Å². The number of fused-ring (bicyclic) bond motifs is 2. The Kier molecular flexibility index (Phi) is 3.15. The molecule has 0 spiro atoms. The lowest BCUT2D eigenvalue weighted by Gasteiger charge is -2.36. The molecule has 2 aliphatic heterocycles. The van der Waals surface area contributed by atoms with Gasteiger partial charge in [0.05, 0.1) is 4.88 Å². The molecule has 0 aliphatic carbocycles. The topological polar surface area (TPSA) is 20.3 Å². The molecule has 4 heteroatoms. The molecule has 0 aromatic carbocycles. The van der Waals surface area contributed by atoms with E-state index in [1.54, 1.807) is 11.3 Å². The molecule has 2 saturated heterocycles. The van der Waals surface area contributed by atoms with Crippen LogP contribution in [0.15, 0.2) is 6.07 Å². The number of aryl methyl sites for hydroxylation is 2. The Morgan fingerprint density at radius 2 is 1.94 bits per heavy atom. The quantitative estimate of drug-likeness (QED) is 0.719. The fourth-order valence-corrected chi connectivity index (χ4v) is 4.64. The van der Waals surface area contributed by atoms with E-state index >= 15 is 0 Å². The first-order chi connectivity index (χ1) is 8.56. The summed E-state index contributed by atoms with van der Waals surface area (Å²) in [5.74, 6) is 0.229. The lowest BCUT2D eigenvalue weighted by Crippen LogP contribution is -2.46. The number of amides is 1. The largest absolute Gasteiger partial charge is 0.332 e. The van der Waals surface area contributed by atoms with Crippen LogP contribution in [0.2, 0.25) is 0 Å². The number of hydrogen-bond acceptors (Lipinski definition) is 2. The second kappa shape index (κ2) is 4.53. The van der Waals surface area contributed by atoms with Gasteiger partial charge in [0.25, 0.3) is 5.91 Å². The highest BCUT2D eigenvalue weighted by atomic mass is 35.5. The first kappa shape index (κ1) is 12.5. The molecule has 98 valence electrons. The average molecular weight is 284 g/mol. The summed E-state index contributed by atoms with van der Waals surface area (Å²) in [6.07, 6.45) is 4.19. The van der Waals surface area contributed by atoms with Crippen molar-refractivity contribution in [1.82, 2.24) is 4.90 Å². The molecule has 2 bridgehead atoms. The van der Waals surface area contributed by atoms with Crippen LogP contribution in [0.1, 0.15) is 45.8 Å². The third-order valence-corrected chi connectivity index (χ3v) is 5.78. The molecule has 1 amide bonds. The maximum atomic E-state index is 12.6. The maximum absolute atomic E-state index is 12.6.